The van der Waals surface area contributed by atoms with Crippen LogP contribution in [0.5, 0.6) is 0 Å². The summed E-state index contributed by atoms with van der Waals surface area (Å²) in [5.41, 5.74) is 0. The van der Waals surface area contributed by atoms with Crippen LogP contribution in [0.2, 0.25) is 0 Å². The van der Waals surface area contributed by atoms with Crippen LogP contribution in [0.25, 0.3) is 0 Å². The number of carbonyl (C=O) groups excluding carboxylic acids is 2. The van der Waals surface area contributed by atoms with Gasteiger partial charge in [-0.2, -0.15) is 5.26 Å². The third kappa shape index (κ3) is 1.35. The van der Waals surface area contributed by atoms with Crippen molar-refractivity contribution in [2.75, 3.05) is 0 Å². The van der Waals surface area contributed by atoms with Crippen molar-refractivity contribution < 1.29 is 9.59 Å². The number of nitriles is 1. The Labute approximate surface area is 108 Å². The molecular weight excluding hydrogens is 226 g/mol. The van der Waals surface area contributed by atoms with Gasteiger partial charge in [0.2, 0.25) is 11.6 Å². The number of hydrogen-bond acceptors (Lipinski definition) is 3. The van der Waals surface area contributed by atoms with Crippen molar-refractivity contribution >= 4 is 11.6 Å². The molecule has 0 aliphatic heterocycles. The summed E-state index contributed by atoms with van der Waals surface area (Å²) in [6.07, 6.45) is 2.70. The van der Waals surface area contributed by atoms with Crippen LogP contribution < -0.4 is 0 Å². The van der Waals surface area contributed by atoms with Gasteiger partial charge in [0.1, 0.15) is 0 Å². The van der Waals surface area contributed by atoms with Crippen molar-refractivity contribution in [3.63, 3.8) is 0 Å². The van der Waals surface area contributed by atoms with Gasteiger partial charge in [0.15, 0.2) is 0 Å². The Morgan fingerprint density at radius 2 is 1.78 bits per heavy atom. The summed E-state index contributed by atoms with van der Waals surface area (Å²) in [7, 11) is 0. The quantitative estimate of drug-likeness (QED) is 0.615. The molecular formula is C15H19NO2. The second-order valence-corrected chi connectivity index (χ2v) is 6.52. The number of Topliss-reactive ketones (excluding diaryl/α,β-unsaturated/α-hetero) is 2. The van der Waals surface area contributed by atoms with Crippen molar-refractivity contribution in [1.29, 1.82) is 5.26 Å². The first kappa shape index (κ1) is 11.9. The topological polar surface area (TPSA) is 57.9 Å². The second kappa shape index (κ2) is 3.91. The van der Waals surface area contributed by atoms with E-state index in [9.17, 15) is 14.9 Å². The Morgan fingerprint density at radius 3 is 2.44 bits per heavy atom. The lowest BCUT2D eigenvalue weighted by Crippen LogP contribution is -2.45. The number of hydrogen-bond donors (Lipinski definition) is 0. The van der Waals surface area contributed by atoms with Crippen molar-refractivity contribution in [2.45, 2.75) is 33.1 Å². The number of nitrogens with zero attached hydrogens (tertiary/aromatic N) is 1. The SMILES string of the molecule is CC1CCC2C(=O)C(=O)C3C(C#N)CC(C)C1C23. The van der Waals surface area contributed by atoms with E-state index in [1.165, 1.54) is 0 Å². The first-order valence-electron chi connectivity index (χ1n) is 7.04. The van der Waals surface area contributed by atoms with Gasteiger partial charge in [-0.25, -0.2) is 0 Å². The fourth-order valence-corrected chi connectivity index (χ4v) is 5.02. The van der Waals surface area contributed by atoms with Crippen LogP contribution in [0.15, 0.2) is 0 Å². The van der Waals surface area contributed by atoms with Crippen LogP contribution in [0.3, 0.4) is 0 Å². The van der Waals surface area contributed by atoms with Gasteiger partial charge in [-0.15, -0.1) is 0 Å². The zero-order chi connectivity index (χ0) is 13.0. The van der Waals surface area contributed by atoms with E-state index in [2.05, 4.69) is 19.9 Å². The highest BCUT2D eigenvalue weighted by molar-refractivity contribution is 6.41. The van der Waals surface area contributed by atoms with E-state index in [0.29, 0.717) is 17.8 Å². The van der Waals surface area contributed by atoms with Crippen molar-refractivity contribution in [1.82, 2.24) is 0 Å². The molecule has 0 aromatic rings. The zero-order valence-corrected chi connectivity index (χ0v) is 10.9. The van der Waals surface area contributed by atoms with Crippen molar-refractivity contribution in [3.05, 3.63) is 0 Å². The van der Waals surface area contributed by atoms with Crippen molar-refractivity contribution in [3.8, 4) is 6.07 Å². The third-order valence-electron chi connectivity index (χ3n) is 5.68. The number of rotatable bonds is 0. The molecule has 3 heteroatoms. The molecule has 0 heterocycles. The van der Waals surface area contributed by atoms with Crippen molar-refractivity contribution in [2.24, 2.45) is 41.4 Å². The van der Waals surface area contributed by atoms with E-state index in [4.69, 9.17) is 0 Å². The molecule has 0 aromatic heterocycles. The van der Waals surface area contributed by atoms with Crippen LogP contribution in [0.1, 0.15) is 33.1 Å². The fourth-order valence-electron chi connectivity index (χ4n) is 5.02. The molecule has 3 aliphatic rings. The highest BCUT2D eigenvalue weighted by atomic mass is 16.2. The molecule has 3 nitrogen and oxygen atoms in total. The van der Waals surface area contributed by atoms with Gasteiger partial charge in [-0.1, -0.05) is 13.8 Å². The Balaban J connectivity index is 2.05. The molecule has 0 bridgehead atoms. The first-order valence-corrected chi connectivity index (χ1v) is 7.04. The van der Waals surface area contributed by atoms with Gasteiger partial charge in [-0.3, -0.25) is 9.59 Å². The van der Waals surface area contributed by atoms with Crippen LogP contribution >= 0.6 is 0 Å². The molecule has 3 saturated carbocycles. The molecule has 0 spiro atoms. The monoisotopic (exact) mass is 245 g/mol. The van der Waals surface area contributed by atoms with Gasteiger partial charge < -0.3 is 0 Å². The highest BCUT2D eigenvalue weighted by Gasteiger charge is 2.60. The fraction of sp³-hybridized carbons (Fsp3) is 0.800. The van der Waals surface area contributed by atoms with E-state index in [1.54, 1.807) is 0 Å². The minimum atomic E-state index is -0.281. The molecule has 7 unspecified atom stereocenters. The average molecular weight is 245 g/mol. The lowest BCUT2D eigenvalue weighted by molar-refractivity contribution is -0.137. The van der Waals surface area contributed by atoms with E-state index in [-0.39, 0.29) is 35.2 Å². The largest absolute Gasteiger partial charge is 0.291 e. The van der Waals surface area contributed by atoms with Gasteiger partial charge >= 0.3 is 0 Å². The van der Waals surface area contributed by atoms with Crippen LogP contribution in [-0.2, 0) is 9.59 Å². The van der Waals surface area contributed by atoms with Crippen LogP contribution in [0.4, 0.5) is 0 Å². The Hall–Kier alpha value is -1.17. The smallest absolute Gasteiger partial charge is 0.203 e. The molecule has 0 radical (unpaired) electrons. The molecule has 0 amide bonds. The summed E-state index contributed by atoms with van der Waals surface area (Å²) in [4.78, 5) is 24.3. The van der Waals surface area contributed by atoms with Gasteiger partial charge in [-0.05, 0) is 42.9 Å². The summed E-state index contributed by atoms with van der Waals surface area (Å²) in [6, 6.07) is 2.29. The van der Waals surface area contributed by atoms with E-state index >= 15 is 0 Å². The number of carbonyl (C=O) groups is 2. The van der Waals surface area contributed by atoms with Crippen LogP contribution in [0, 0.1) is 52.8 Å². The summed E-state index contributed by atoms with van der Waals surface area (Å²) in [5, 5.41) is 9.28. The molecule has 96 valence electrons. The minimum Gasteiger partial charge on any atom is -0.291 e. The molecule has 0 aromatic carbocycles. The predicted octanol–water partition coefficient (Wildman–Crippen LogP) is 2.21. The lowest BCUT2D eigenvalue weighted by Gasteiger charge is -2.48. The third-order valence-corrected chi connectivity index (χ3v) is 5.68. The molecule has 0 N–H and O–H groups in total. The van der Waals surface area contributed by atoms with Gasteiger partial charge in [0, 0.05) is 11.8 Å². The number of ketones is 2. The molecule has 7 atom stereocenters. The Morgan fingerprint density at radius 1 is 1.06 bits per heavy atom. The molecule has 0 saturated heterocycles. The normalized spacial score (nSPS) is 50.8. The maximum Gasteiger partial charge on any atom is 0.203 e. The van der Waals surface area contributed by atoms with E-state index in [1.807, 2.05) is 0 Å². The summed E-state index contributed by atoms with van der Waals surface area (Å²) < 4.78 is 0. The standard InChI is InChI=1S/C15H19NO2/c1-7-3-4-10-13-11(7)8(2)5-9(6-16)12(13)15(18)14(10)17/h7-13H,3-5H2,1-2H3. The van der Waals surface area contributed by atoms with Crippen LogP contribution in [-0.4, -0.2) is 11.6 Å². The van der Waals surface area contributed by atoms with Gasteiger partial charge in [0.05, 0.1) is 12.0 Å². The summed E-state index contributed by atoms with van der Waals surface area (Å²) in [6.45, 7) is 4.44. The van der Waals surface area contributed by atoms with E-state index < -0.39 is 0 Å². The minimum absolute atomic E-state index is 0.0673. The second-order valence-electron chi connectivity index (χ2n) is 6.52. The maximum absolute atomic E-state index is 12.2. The Kier molecular flexibility index (Phi) is 2.59. The average Bonchev–Trinajstić information content (AvgIpc) is 2.60. The Bertz CT molecular complexity index is 450. The summed E-state index contributed by atoms with van der Waals surface area (Å²) >= 11 is 0. The summed E-state index contributed by atoms with van der Waals surface area (Å²) in [5.74, 6) is 0.705. The highest BCUT2D eigenvalue weighted by Crippen LogP contribution is 2.57. The molecule has 18 heavy (non-hydrogen) atoms. The van der Waals surface area contributed by atoms with E-state index in [0.717, 1.165) is 19.3 Å². The lowest BCUT2D eigenvalue weighted by atomic mass is 9.55. The molecule has 3 aliphatic carbocycles. The molecule has 3 rings (SSSR count). The zero-order valence-electron chi connectivity index (χ0n) is 10.9. The first-order chi connectivity index (χ1) is 8.56. The predicted molar refractivity (Wildman–Crippen MR) is 65.3 cm³/mol. The van der Waals surface area contributed by atoms with Gasteiger partial charge in [0.25, 0.3) is 0 Å². The molecule has 3 fully saturated rings. The maximum atomic E-state index is 12.2.